The van der Waals surface area contributed by atoms with Crippen LogP contribution in [0.5, 0.6) is 0 Å². The molecule has 3 rings (SSSR count). The lowest BCUT2D eigenvalue weighted by molar-refractivity contribution is 0.101. The van der Waals surface area contributed by atoms with E-state index in [1.807, 2.05) is 48.7 Å². The number of amides is 1. The minimum absolute atomic E-state index is 0.156. The Hall–Kier alpha value is -2.75. The van der Waals surface area contributed by atoms with Crippen LogP contribution in [0.2, 0.25) is 0 Å². The van der Waals surface area contributed by atoms with Crippen molar-refractivity contribution in [1.29, 1.82) is 0 Å². The van der Waals surface area contributed by atoms with E-state index in [1.54, 1.807) is 12.3 Å². The molecule has 1 aromatic carbocycles. The molecule has 0 fully saturated rings. The van der Waals surface area contributed by atoms with E-state index in [4.69, 9.17) is 4.42 Å². The van der Waals surface area contributed by atoms with Gasteiger partial charge in [-0.1, -0.05) is 29.8 Å². The Morgan fingerprint density at radius 1 is 1.27 bits per heavy atom. The summed E-state index contributed by atoms with van der Waals surface area (Å²) in [6.45, 7) is 8.47. The molecule has 4 heteroatoms. The maximum Gasteiger partial charge on any atom is 0.272 e. The number of carbonyl (C=O) groups excluding carboxylic acids is 1. The second-order valence-corrected chi connectivity index (χ2v) is 5.56. The maximum absolute atomic E-state index is 12.6. The number of fused-ring (bicyclic) bond motifs is 1. The summed E-state index contributed by atoms with van der Waals surface area (Å²) in [6, 6.07) is 11.3. The number of aromatic nitrogens is 1. The minimum atomic E-state index is -0.156. The van der Waals surface area contributed by atoms with Gasteiger partial charge in [0.05, 0.1) is 11.8 Å². The first-order chi connectivity index (χ1) is 10.5. The Balaban J connectivity index is 1.94. The van der Waals surface area contributed by atoms with Crippen LogP contribution in [-0.4, -0.2) is 10.5 Å². The molecule has 0 aliphatic rings. The predicted molar refractivity (Wildman–Crippen MR) is 88.2 cm³/mol. The first-order valence-electron chi connectivity index (χ1n) is 7.14. The molecule has 0 atom stereocenters. The SMILES string of the molecule is C=C(C)Cn1c(C(=O)Nc2ccc(C)cc2)cc2occc21. The Kier molecular flexibility index (Phi) is 3.59. The van der Waals surface area contributed by atoms with Crippen molar-refractivity contribution in [1.82, 2.24) is 4.57 Å². The maximum atomic E-state index is 12.6. The molecule has 112 valence electrons. The number of furan rings is 1. The van der Waals surface area contributed by atoms with Crippen LogP contribution in [0, 0.1) is 6.92 Å². The van der Waals surface area contributed by atoms with Gasteiger partial charge >= 0.3 is 0 Å². The van der Waals surface area contributed by atoms with Gasteiger partial charge in [-0.15, -0.1) is 0 Å². The van der Waals surface area contributed by atoms with E-state index in [9.17, 15) is 4.79 Å². The van der Waals surface area contributed by atoms with Crippen molar-refractivity contribution in [3.05, 3.63) is 66.1 Å². The lowest BCUT2D eigenvalue weighted by atomic mass is 10.2. The first-order valence-corrected chi connectivity index (χ1v) is 7.14. The first kappa shape index (κ1) is 14.2. The molecule has 1 N–H and O–H groups in total. The number of aryl methyl sites for hydroxylation is 1. The van der Waals surface area contributed by atoms with Gasteiger partial charge in [0.1, 0.15) is 5.69 Å². The molecule has 1 amide bonds. The van der Waals surface area contributed by atoms with Gasteiger partial charge in [-0.3, -0.25) is 4.79 Å². The summed E-state index contributed by atoms with van der Waals surface area (Å²) < 4.78 is 7.33. The summed E-state index contributed by atoms with van der Waals surface area (Å²) in [4.78, 5) is 12.6. The quantitative estimate of drug-likeness (QED) is 0.726. The highest BCUT2D eigenvalue weighted by Crippen LogP contribution is 2.23. The lowest BCUT2D eigenvalue weighted by Crippen LogP contribution is -2.17. The molecule has 0 radical (unpaired) electrons. The van der Waals surface area contributed by atoms with Crippen molar-refractivity contribution in [3.63, 3.8) is 0 Å². The smallest absolute Gasteiger partial charge is 0.272 e. The van der Waals surface area contributed by atoms with Gasteiger partial charge in [0.2, 0.25) is 0 Å². The van der Waals surface area contributed by atoms with Crippen molar-refractivity contribution in [2.75, 3.05) is 5.32 Å². The number of nitrogens with zero attached hydrogens (tertiary/aromatic N) is 1. The predicted octanol–water partition coefficient (Wildman–Crippen LogP) is 4.37. The molecule has 0 bridgehead atoms. The number of carbonyl (C=O) groups is 1. The standard InChI is InChI=1S/C18H18N2O2/c1-12(2)11-20-15-8-9-22-17(15)10-16(20)18(21)19-14-6-4-13(3)5-7-14/h4-10H,1,11H2,2-3H3,(H,19,21). The summed E-state index contributed by atoms with van der Waals surface area (Å²) >= 11 is 0. The van der Waals surface area contributed by atoms with E-state index in [2.05, 4.69) is 11.9 Å². The minimum Gasteiger partial charge on any atom is -0.463 e. The molecule has 2 heterocycles. The Labute approximate surface area is 129 Å². The number of benzene rings is 1. The highest BCUT2D eigenvalue weighted by Gasteiger charge is 2.17. The van der Waals surface area contributed by atoms with E-state index in [1.165, 1.54) is 0 Å². The average molecular weight is 294 g/mol. The molecule has 0 unspecified atom stereocenters. The van der Waals surface area contributed by atoms with Crippen LogP contribution >= 0.6 is 0 Å². The molecule has 0 aliphatic heterocycles. The highest BCUT2D eigenvalue weighted by molar-refractivity contribution is 6.05. The third-order valence-electron chi connectivity index (χ3n) is 3.49. The molecule has 0 spiro atoms. The summed E-state index contributed by atoms with van der Waals surface area (Å²) in [5.74, 6) is -0.156. The molecule has 0 saturated carbocycles. The summed E-state index contributed by atoms with van der Waals surface area (Å²) in [7, 11) is 0. The Bertz CT molecular complexity index is 838. The third kappa shape index (κ3) is 2.68. The normalized spacial score (nSPS) is 10.8. The van der Waals surface area contributed by atoms with Crippen molar-refractivity contribution in [2.45, 2.75) is 20.4 Å². The lowest BCUT2D eigenvalue weighted by Gasteiger charge is -2.10. The van der Waals surface area contributed by atoms with Crippen molar-refractivity contribution >= 4 is 22.7 Å². The molecule has 22 heavy (non-hydrogen) atoms. The highest BCUT2D eigenvalue weighted by atomic mass is 16.3. The Morgan fingerprint density at radius 2 is 2.00 bits per heavy atom. The molecular weight excluding hydrogens is 276 g/mol. The molecular formula is C18H18N2O2. The van der Waals surface area contributed by atoms with Crippen LogP contribution in [0.25, 0.3) is 11.1 Å². The second kappa shape index (κ2) is 5.56. The zero-order valence-corrected chi connectivity index (χ0v) is 12.7. The van der Waals surface area contributed by atoms with E-state index in [-0.39, 0.29) is 5.91 Å². The monoisotopic (exact) mass is 294 g/mol. The number of nitrogens with one attached hydrogen (secondary N) is 1. The summed E-state index contributed by atoms with van der Waals surface area (Å²) in [5, 5.41) is 2.92. The van der Waals surface area contributed by atoms with Gasteiger partial charge in [-0.2, -0.15) is 0 Å². The van der Waals surface area contributed by atoms with Gasteiger partial charge in [0.25, 0.3) is 5.91 Å². The number of allylic oxidation sites excluding steroid dienone is 1. The van der Waals surface area contributed by atoms with Gasteiger partial charge < -0.3 is 14.3 Å². The van der Waals surface area contributed by atoms with Gasteiger partial charge in [-0.05, 0) is 26.0 Å². The van der Waals surface area contributed by atoms with Crippen molar-refractivity contribution in [2.24, 2.45) is 0 Å². The molecule has 0 saturated heterocycles. The average Bonchev–Trinajstić information content (AvgIpc) is 3.04. The number of rotatable bonds is 4. The Morgan fingerprint density at radius 3 is 2.68 bits per heavy atom. The van der Waals surface area contributed by atoms with Crippen molar-refractivity contribution in [3.8, 4) is 0 Å². The fourth-order valence-electron chi connectivity index (χ4n) is 2.44. The summed E-state index contributed by atoms with van der Waals surface area (Å²) in [6.07, 6.45) is 1.63. The van der Waals surface area contributed by atoms with Crippen LogP contribution in [0.4, 0.5) is 5.69 Å². The second-order valence-electron chi connectivity index (χ2n) is 5.56. The van der Waals surface area contributed by atoms with Crippen molar-refractivity contribution < 1.29 is 9.21 Å². The van der Waals surface area contributed by atoms with Crippen LogP contribution < -0.4 is 5.32 Å². The van der Waals surface area contributed by atoms with Gasteiger partial charge in [0.15, 0.2) is 5.58 Å². The number of hydrogen-bond donors (Lipinski definition) is 1. The summed E-state index contributed by atoms with van der Waals surface area (Å²) in [5.41, 5.74) is 5.07. The number of hydrogen-bond acceptors (Lipinski definition) is 2. The van der Waals surface area contributed by atoms with Crippen LogP contribution in [0.3, 0.4) is 0 Å². The largest absolute Gasteiger partial charge is 0.463 e. The number of anilines is 1. The zero-order valence-electron chi connectivity index (χ0n) is 12.7. The van der Waals surface area contributed by atoms with Crippen LogP contribution in [0.1, 0.15) is 23.0 Å². The topological polar surface area (TPSA) is 47.2 Å². The van der Waals surface area contributed by atoms with Gasteiger partial charge in [-0.25, -0.2) is 0 Å². The molecule has 2 aromatic heterocycles. The van der Waals surface area contributed by atoms with E-state index < -0.39 is 0 Å². The zero-order chi connectivity index (χ0) is 15.7. The van der Waals surface area contributed by atoms with E-state index in [0.29, 0.717) is 17.8 Å². The third-order valence-corrected chi connectivity index (χ3v) is 3.49. The van der Waals surface area contributed by atoms with Gasteiger partial charge in [0, 0.05) is 24.4 Å². The molecule has 4 nitrogen and oxygen atoms in total. The molecule has 3 aromatic rings. The fourth-order valence-corrected chi connectivity index (χ4v) is 2.44. The molecule has 0 aliphatic carbocycles. The van der Waals surface area contributed by atoms with E-state index in [0.717, 1.165) is 22.3 Å². The van der Waals surface area contributed by atoms with Crippen LogP contribution in [-0.2, 0) is 6.54 Å². The van der Waals surface area contributed by atoms with Crippen LogP contribution in [0.15, 0.2) is 59.2 Å². The van der Waals surface area contributed by atoms with E-state index >= 15 is 0 Å². The fraction of sp³-hybridized carbons (Fsp3) is 0.167.